The van der Waals surface area contributed by atoms with Crippen LogP contribution in [0.3, 0.4) is 0 Å². The number of hydrogen-bond acceptors (Lipinski definition) is 3. The molecule has 2 heterocycles. The second-order valence-electron chi connectivity index (χ2n) is 9.53. The summed E-state index contributed by atoms with van der Waals surface area (Å²) in [6, 6.07) is 17.5. The molecule has 0 spiro atoms. The quantitative estimate of drug-likeness (QED) is 0.615. The summed E-state index contributed by atoms with van der Waals surface area (Å²) in [6.07, 6.45) is 3.56. The van der Waals surface area contributed by atoms with E-state index in [4.69, 9.17) is 0 Å². The average molecular weight is 447 g/mol. The number of likely N-dealkylation sites (tertiary alicyclic amines) is 2. The van der Waals surface area contributed by atoms with E-state index in [0.717, 1.165) is 84.9 Å². The Morgan fingerprint density at radius 1 is 0.879 bits per heavy atom. The Labute approximate surface area is 194 Å². The summed E-state index contributed by atoms with van der Waals surface area (Å²) in [5.74, 6) is -0.123. The molecule has 0 bridgehead atoms. The van der Waals surface area contributed by atoms with Crippen LogP contribution in [0.1, 0.15) is 41.6 Å². The fourth-order valence-electron chi connectivity index (χ4n) is 5.36. The molecule has 3 aromatic carbocycles. The van der Waals surface area contributed by atoms with Gasteiger partial charge in [-0.2, -0.15) is 0 Å². The second-order valence-corrected chi connectivity index (χ2v) is 9.53. The van der Waals surface area contributed by atoms with Gasteiger partial charge in [-0.25, -0.2) is 4.39 Å². The number of carbonyl (C=O) groups excluding carboxylic acids is 1. The fraction of sp³-hybridized carbons (Fsp3) is 0.393. The summed E-state index contributed by atoms with van der Waals surface area (Å²) < 4.78 is 13.5. The van der Waals surface area contributed by atoms with E-state index in [2.05, 4.69) is 11.0 Å². The number of rotatable bonds is 3. The van der Waals surface area contributed by atoms with Crippen molar-refractivity contribution in [3.63, 3.8) is 0 Å². The highest BCUT2D eigenvalue weighted by molar-refractivity contribution is 5.99. The highest BCUT2D eigenvalue weighted by Gasteiger charge is 2.29. The molecule has 33 heavy (non-hydrogen) atoms. The van der Waals surface area contributed by atoms with E-state index >= 15 is 0 Å². The van der Waals surface area contributed by atoms with E-state index in [1.165, 1.54) is 6.07 Å². The molecule has 4 nitrogen and oxygen atoms in total. The van der Waals surface area contributed by atoms with Crippen LogP contribution in [0.5, 0.6) is 0 Å². The van der Waals surface area contributed by atoms with Gasteiger partial charge in [0.2, 0.25) is 0 Å². The van der Waals surface area contributed by atoms with E-state index in [9.17, 15) is 14.3 Å². The third-order valence-electron chi connectivity index (χ3n) is 7.35. The highest BCUT2D eigenvalue weighted by Crippen LogP contribution is 2.29. The predicted molar refractivity (Wildman–Crippen MR) is 130 cm³/mol. The number of fused-ring (bicyclic) bond motifs is 1. The van der Waals surface area contributed by atoms with Crippen molar-refractivity contribution >= 4 is 16.7 Å². The van der Waals surface area contributed by atoms with Crippen molar-refractivity contribution in [3.8, 4) is 11.1 Å². The topological polar surface area (TPSA) is 43.8 Å². The van der Waals surface area contributed by atoms with Gasteiger partial charge in [-0.1, -0.05) is 24.3 Å². The van der Waals surface area contributed by atoms with E-state index in [1.807, 2.05) is 48.2 Å². The number of carbonyl (C=O) groups is 1. The van der Waals surface area contributed by atoms with Crippen LogP contribution in [0.2, 0.25) is 0 Å². The first kappa shape index (κ1) is 22.1. The molecular weight excluding hydrogens is 415 g/mol. The minimum Gasteiger partial charge on any atom is -0.393 e. The summed E-state index contributed by atoms with van der Waals surface area (Å²) in [4.78, 5) is 17.6. The maximum absolute atomic E-state index is 13.5. The lowest BCUT2D eigenvalue weighted by molar-refractivity contribution is 0.0357. The lowest BCUT2D eigenvalue weighted by Crippen LogP contribution is -2.49. The monoisotopic (exact) mass is 446 g/mol. The number of halogens is 1. The number of benzene rings is 3. The predicted octanol–water partition coefficient (Wildman–Crippen LogP) is 5.02. The minimum atomic E-state index is -0.223. The van der Waals surface area contributed by atoms with Gasteiger partial charge in [-0.05, 0) is 90.4 Å². The molecule has 172 valence electrons. The van der Waals surface area contributed by atoms with E-state index in [1.54, 1.807) is 6.07 Å². The Balaban J connectivity index is 1.27. The van der Waals surface area contributed by atoms with E-state index in [-0.39, 0.29) is 17.8 Å². The molecule has 0 aromatic heterocycles. The van der Waals surface area contributed by atoms with E-state index in [0.29, 0.717) is 6.04 Å². The third-order valence-corrected chi connectivity index (χ3v) is 7.35. The van der Waals surface area contributed by atoms with Gasteiger partial charge in [0.1, 0.15) is 5.82 Å². The smallest absolute Gasteiger partial charge is 0.253 e. The Bertz CT molecular complexity index is 1160. The van der Waals surface area contributed by atoms with Crippen molar-refractivity contribution < 1.29 is 14.3 Å². The van der Waals surface area contributed by atoms with Crippen LogP contribution in [-0.2, 0) is 0 Å². The summed E-state index contributed by atoms with van der Waals surface area (Å²) in [6.45, 7) is 5.41. The van der Waals surface area contributed by atoms with Crippen molar-refractivity contribution in [1.82, 2.24) is 9.80 Å². The molecule has 1 amide bonds. The normalized spacial score (nSPS) is 18.7. The van der Waals surface area contributed by atoms with Crippen molar-refractivity contribution in [2.24, 2.45) is 0 Å². The van der Waals surface area contributed by atoms with Gasteiger partial charge in [0.15, 0.2) is 0 Å². The number of aryl methyl sites for hydroxylation is 1. The third kappa shape index (κ3) is 4.66. The molecule has 5 rings (SSSR count). The fourth-order valence-corrected chi connectivity index (χ4v) is 5.36. The van der Waals surface area contributed by atoms with Crippen LogP contribution < -0.4 is 0 Å². The molecule has 0 unspecified atom stereocenters. The molecule has 0 aliphatic carbocycles. The summed E-state index contributed by atoms with van der Waals surface area (Å²) in [5, 5.41) is 11.8. The standard InChI is InChI=1S/C28H31FN2O2/c1-19-16-24(29)6-7-27(19)22-4-2-21-18-23(5-3-20(21)17-22)28(33)31-12-8-25(9-13-31)30-14-10-26(32)11-15-30/h2-7,16-18,25-26,32H,8-15H2,1H3. The lowest BCUT2D eigenvalue weighted by atomic mass is 9.96. The molecule has 2 fully saturated rings. The first-order valence-electron chi connectivity index (χ1n) is 12.0. The van der Waals surface area contributed by atoms with Crippen LogP contribution in [-0.4, -0.2) is 59.1 Å². The number of piperidine rings is 2. The van der Waals surface area contributed by atoms with E-state index < -0.39 is 0 Å². The maximum atomic E-state index is 13.5. The number of aliphatic hydroxyl groups excluding tert-OH is 1. The second kappa shape index (κ2) is 9.24. The van der Waals surface area contributed by atoms with Crippen molar-refractivity contribution in [1.29, 1.82) is 0 Å². The molecule has 0 saturated carbocycles. The molecule has 3 aromatic rings. The Hall–Kier alpha value is -2.76. The SMILES string of the molecule is Cc1cc(F)ccc1-c1ccc2cc(C(=O)N3CCC(N4CCC(O)CC4)CC3)ccc2c1. The zero-order valence-corrected chi connectivity index (χ0v) is 19.1. The van der Waals surface area contributed by atoms with Crippen LogP contribution in [0.4, 0.5) is 4.39 Å². The van der Waals surface area contributed by atoms with Crippen molar-refractivity contribution in [3.05, 3.63) is 71.5 Å². The molecule has 2 aliphatic rings. The van der Waals surface area contributed by atoms with Gasteiger partial charge in [0, 0.05) is 37.8 Å². The first-order chi connectivity index (χ1) is 16.0. The number of hydrogen-bond donors (Lipinski definition) is 1. The van der Waals surface area contributed by atoms with Gasteiger partial charge < -0.3 is 14.9 Å². The largest absolute Gasteiger partial charge is 0.393 e. The van der Waals surface area contributed by atoms with Crippen LogP contribution >= 0.6 is 0 Å². The van der Waals surface area contributed by atoms with Gasteiger partial charge in [-0.3, -0.25) is 4.79 Å². The molecule has 2 aliphatic heterocycles. The summed E-state index contributed by atoms with van der Waals surface area (Å²) in [5.41, 5.74) is 3.70. The van der Waals surface area contributed by atoms with Crippen LogP contribution in [0.15, 0.2) is 54.6 Å². The zero-order chi connectivity index (χ0) is 22.9. The molecular formula is C28H31FN2O2. The zero-order valence-electron chi connectivity index (χ0n) is 19.1. The molecule has 2 saturated heterocycles. The van der Waals surface area contributed by atoms with Crippen molar-refractivity contribution in [2.75, 3.05) is 26.2 Å². The van der Waals surface area contributed by atoms with Crippen molar-refractivity contribution in [2.45, 2.75) is 44.8 Å². The van der Waals surface area contributed by atoms with Gasteiger partial charge >= 0.3 is 0 Å². The molecule has 0 atom stereocenters. The Morgan fingerprint density at radius 2 is 1.58 bits per heavy atom. The Kier molecular flexibility index (Phi) is 6.17. The van der Waals surface area contributed by atoms with Crippen LogP contribution in [0, 0.1) is 12.7 Å². The molecule has 0 radical (unpaired) electrons. The lowest BCUT2D eigenvalue weighted by Gasteiger charge is -2.41. The summed E-state index contributed by atoms with van der Waals surface area (Å²) >= 11 is 0. The molecule has 1 N–H and O–H groups in total. The maximum Gasteiger partial charge on any atom is 0.253 e. The number of amides is 1. The summed E-state index contributed by atoms with van der Waals surface area (Å²) in [7, 11) is 0. The Morgan fingerprint density at radius 3 is 2.30 bits per heavy atom. The van der Waals surface area contributed by atoms with Gasteiger partial charge in [-0.15, -0.1) is 0 Å². The van der Waals surface area contributed by atoms with Gasteiger partial charge in [0.05, 0.1) is 6.10 Å². The highest BCUT2D eigenvalue weighted by atomic mass is 19.1. The minimum absolute atomic E-state index is 0.0999. The van der Waals surface area contributed by atoms with Gasteiger partial charge in [0.25, 0.3) is 5.91 Å². The average Bonchev–Trinajstić information content (AvgIpc) is 2.83. The van der Waals surface area contributed by atoms with Crippen LogP contribution in [0.25, 0.3) is 21.9 Å². The molecule has 5 heteroatoms. The number of nitrogens with zero attached hydrogens (tertiary/aromatic N) is 2. The number of aliphatic hydroxyl groups is 1. The first-order valence-corrected chi connectivity index (χ1v) is 12.0.